The van der Waals surface area contributed by atoms with Gasteiger partial charge in [0, 0.05) is 31.4 Å². The number of hydrogen-bond donors (Lipinski definition) is 2. The van der Waals surface area contributed by atoms with Crippen LogP contribution in [0.3, 0.4) is 0 Å². The first-order valence-electron chi connectivity index (χ1n) is 7.40. The molecule has 2 atom stereocenters. The first-order valence-corrected chi connectivity index (χ1v) is 7.40. The van der Waals surface area contributed by atoms with Crippen molar-refractivity contribution in [2.75, 3.05) is 25.1 Å². The smallest absolute Gasteiger partial charge is 0.475 e. The van der Waals surface area contributed by atoms with Crippen molar-refractivity contribution in [3.05, 3.63) is 23.9 Å². The van der Waals surface area contributed by atoms with Crippen molar-refractivity contribution in [3.8, 4) is 0 Å². The summed E-state index contributed by atoms with van der Waals surface area (Å²) in [6.07, 6.45) is -3.52. The number of pyridine rings is 1. The molecule has 1 aliphatic heterocycles. The van der Waals surface area contributed by atoms with Crippen LogP contribution in [0.2, 0.25) is 0 Å². The number of anilines is 1. The van der Waals surface area contributed by atoms with E-state index in [0.717, 1.165) is 18.9 Å². The zero-order valence-corrected chi connectivity index (χ0v) is 14.0. The van der Waals surface area contributed by atoms with Crippen LogP contribution in [0.15, 0.2) is 18.3 Å². The van der Waals surface area contributed by atoms with E-state index < -0.39 is 12.1 Å². The van der Waals surface area contributed by atoms with Gasteiger partial charge in [-0.25, -0.2) is 14.6 Å². The second-order valence-corrected chi connectivity index (χ2v) is 5.57. The number of aliphatic carboxylic acids is 1. The highest BCUT2D eigenvalue weighted by molar-refractivity contribution is 5.89. The minimum Gasteiger partial charge on any atom is -0.475 e. The van der Waals surface area contributed by atoms with Crippen LogP contribution in [0.25, 0.3) is 0 Å². The summed E-state index contributed by atoms with van der Waals surface area (Å²) in [4.78, 5) is 26.8. The van der Waals surface area contributed by atoms with Gasteiger partial charge in [0.25, 0.3) is 0 Å². The topological polar surface area (TPSA) is 91.8 Å². The Labute approximate surface area is 142 Å². The predicted octanol–water partition coefficient (Wildman–Crippen LogP) is 1.69. The summed E-state index contributed by atoms with van der Waals surface area (Å²) < 4.78 is 36.4. The summed E-state index contributed by atoms with van der Waals surface area (Å²) in [5.41, 5.74) is 0.484. The van der Waals surface area contributed by atoms with E-state index in [9.17, 15) is 18.0 Å². The number of carboxylic acid groups (broad SMARTS) is 1. The van der Waals surface area contributed by atoms with Gasteiger partial charge < -0.3 is 20.1 Å². The van der Waals surface area contributed by atoms with Crippen LogP contribution in [0.1, 0.15) is 24.2 Å². The Balaban J connectivity index is 0.000000381. The fourth-order valence-corrected chi connectivity index (χ4v) is 2.33. The first kappa shape index (κ1) is 20.7. The summed E-state index contributed by atoms with van der Waals surface area (Å²) >= 11 is 0. The van der Waals surface area contributed by atoms with Gasteiger partial charge in [-0.1, -0.05) is 0 Å². The molecule has 7 nitrogen and oxygen atoms in total. The molecule has 0 spiro atoms. The number of carbonyl (C=O) groups excluding carboxylic acids is 1. The number of rotatable bonds is 2. The lowest BCUT2D eigenvalue weighted by atomic mass is 10.1. The molecular weight excluding hydrogens is 343 g/mol. The van der Waals surface area contributed by atoms with Crippen molar-refractivity contribution in [1.29, 1.82) is 0 Å². The largest absolute Gasteiger partial charge is 0.490 e. The number of nitrogens with zero attached hydrogens (tertiary/aromatic N) is 2. The molecule has 0 unspecified atom stereocenters. The van der Waals surface area contributed by atoms with Crippen LogP contribution in [0, 0.1) is 0 Å². The molecular formula is C15H20F3N3O4. The van der Waals surface area contributed by atoms with E-state index in [1.165, 1.54) is 7.11 Å². The number of ether oxygens (including phenoxy) is 1. The summed E-state index contributed by atoms with van der Waals surface area (Å²) in [6.45, 7) is 6.17. The third-order valence-electron chi connectivity index (χ3n) is 3.29. The molecule has 0 bridgehead atoms. The number of carbonyl (C=O) groups is 2. The maximum atomic E-state index is 11.3. The highest BCUT2D eigenvalue weighted by atomic mass is 19.4. The maximum absolute atomic E-state index is 11.3. The molecule has 1 aromatic rings. The van der Waals surface area contributed by atoms with Gasteiger partial charge in [0.1, 0.15) is 5.82 Å². The predicted molar refractivity (Wildman–Crippen MR) is 83.5 cm³/mol. The molecule has 10 heteroatoms. The Morgan fingerprint density at radius 1 is 1.28 bits per heavy atom. The lowest BCUT2D eigenvalue weighted by Crippen LogP contribution is -2.54. The summed E-state index contributed by atoms with van der Waals surface area (Å²) in [6, 6.07) is 4.51. The molecule has 0 aromatic carbocycles. The van der Waals surface area contributed by atoms with Crippen molar-refractivity contribution in [2.45, 2.75) is 32.1 Å². The van der Waals surface area contributed by atoms with Gasteiger partial charge >= 0.3 is 18.1 Å². The number of halogens is 3. The highest BCUT2D eigenvalue weighted by Crippen LogP contribution is 2.16. The Morgan fingerprint density at radius 3 is 2.16 bits per heavy atom. The van der Waals surface area contributed by atoms with Gasteiger partial charge in [-0.05, 0) is 26.0 Å². The van der Waals surface area contributed by atoms with Gasteiger partial charge in [-0.3, -0.25) is 0 Å². The fraction of sp³-hybridized carbons (Fsp3) is 0.533. The highest BCUT2D eigenvalue weighted by Gasteiger charge is 2.38. The van der Waals surface area contributed by atoms with Crippen LogP contribution in [0.5, 0.6) is 0 Å². The van der Waals surface area contributed by atoms with Crippen molar-refractivity contribution in [3.63, 3.8) is 0 Å². The standard InChI is InChI=1S/C13H19N3O2.C2HF3O2/c1-9-7-16(8-10(2)15-9)12-5-4-11(6-14-12)13(17)18-3;3-2(4,5)1(6)7/h4-6,9-10,15H,7-8H2,1-3H3;(H,6,7)/t9-,10+;. The second kappa shape index (κ2) is 8.65. The number of aromatic nitrogens is 1. The molecule has 140 valence electrons. The van der Waals surface area contributed by atoms with E-state index >= 15 is 0 Å². The van der Waals surface area contributed by atoms with Crippen LogP contribution < -0.4 is 10.2 Å². The third kappa shape index (κ3) is 6.57. The molecule has 2 heterocycles. The molecule has 1 saturated heterocycles. The average Bonchev–Trinajstić information content (AvgIpc) is 2.53. The molecule has 1 fully saturated rings. The third-order valence-corrected chi connectivity index (χ3v) is 3.29. The van der Waals surface area contributed by atoms with Crippen molar-refractivity contribution in [2.24, 2.45) is 0 Å². The molecule has 0 radical (unpaired) electrons. The number of alkyl halides is 3. The number of hydrogen-bond acceptors (Lipinski definition) is 6. The van der Waals surface area contributed by atoms with E-state index in [-0.39, 0.29) is 5.97 Å². The summed E-state index contributed by atoms with van der Waals surface area (Å²) in [7, 11) is 1.37. The minimum absolute atomic E-state index is 0.351. The Morgan fingerprint density at radius 2 is 1.80 bits per heavy atom. The van der Waals surface area contributed by atoms with Gasteiger partial charge in [0.05, 0.1) is 12.7 Å². The summed E-state index contributed by atoms with van der Waals surface area (Å²) in [5, 5.41) is 10.6. The molecule has 2 rings (SSSR count). The van der Waals surface area contributed by atoms with Crippen LogP contribution >= 0.6 is 0 Å². The second-order valence-electron chi connectivity index (χ2n) is 5.57. The molecule has 0 saturated carbocycles. The quantitative estimate of drug-likeness (QED) is 0.773. The molecule has 1 aromatic heterocycles. The van der Waals surface area contributed by atoms with Crippen LogP contribution in [-0.4, -0.2) is 60.5 Å². The number of piperazine rings is 1. The van der Waals surface area contributed by atoms with Crippen LogP contribution in [0.4, 0.5) is 19.0 Å². The van der Waals surface area contributed by atoms with E-state index in [4.69, 9.17) is 9.90 Å². The zero-order valence-electron chi connectivity index (χ0n) is 14.0. The van der Waals surface area contributed by atoms with Gasteiger partial charge in [-0.2, -0.15) is 13.2 Å². The fourth-order valence-electron chi connectivity index (χ4n) is 2.33. The van der Waals surface area contributed by atoms with Crippen molar-refractivity contribution >= 4 is 17.8 Å². The lowest BCUT2D eigenvalue weighted by molar-refractivity contribution is -0.192. The minimum atomic E-state index is -5.08. The Kier molecular flexibility index (Phi) is 7.16. The molecule has 1 aliphatic rings. The Hall–Kier alpha value is -2.36. The van der Waals surface area contributed by atoms with Gasteiger partial charge in [0.15, 0.2) is 0 Å². The normalized spacial score (nSPS) is 20.3. The SMILES string of the molecule is COC(=O)c1ccc(N2C[C@@H](C)N[C@@H](C)C2)nc1.O=C(O)C(F)(F)F. The summed E-state index contributed by atoms with van der Waals surface area (Å²) in [5.74, 6) is -2.20. The molecule has 25 heavy (non-hydrogen) atoms. The van der Waals surface area contributed by atoms with Gasteiger partial charge in [-0.15, -0.1) is 0 Å². The number of nitrogens with one attached hydrogen (secondary N) is 1. The zero-order chi connectivity index (χ0) is 19.2. The first-order chi connectivity index (χ1) is 11.5. The van der Waals surface area contributed by atoms with E-state index in [2.05, 4.69) is 33.8 Å². The number of carboxylic acids is 1. The van der Waals surface area contributed by atoms with E-state index in [1.807, 2.05) is 6.07 Å². The van der Waals surface area contributed by atoms with Crippen molar-refractivity contribution < 1.29 is 32.6 Å². The van der Waals surface area contributed by atoms with Crippen LogP contribution in [-0.2, 0) is 9.53 Å². The van der Waals surface area contributed by atoms with E-state index in [0.29, 0.717) is 17.6 Å². The average molecular weight is 363 g/mol. The maximum Gasteiger partial charge on any atom is 0.490 e. The Bertz CT molecular complexity index is 583. The number of methoxy groups -OCH3 is 1. The lowest BCUT2D eigenvalue weighted by Gasteiger charge is -2.36. The van der Waals surface area contributed by atoms with Crippen molar-refractivity contribution in [1.82, 2.24) is 10.3 Å². The molecule has 2 N–H and O–H groups in total. The molecule has 0 amide bonds. The molecule has 0 aliphatic carbocycles. The van der Waals surface area contributed by atoms with Gasteiger partial charge in [0.2, 0.25) is 0 Å². The number of esters is 1. The van der Waals surface area contributed by atoms with E-state index in [1.54, 1.807) is 12.3 Å². The monoisotopic (exact) mass is 363 g/mol.